The van der Waals surface area contributed by atoms with Crippen molar-refractivity contribution in [1.29, 1.82) is 0 Å². The van der Waals surface area contributed by atoms with E-state index in [0.717, 1.165) is 18.0 Å². The van der Waals surface area contributed by atoms with Crippen molar-refractivity contribution in [3.8, 4) is 0 Å². The van der Waals surface area contributed by atoms with Crippen LogP contribution in [-0.4, -0.2) is 19.1 Å². The molecule has 0 radical (unpaired) electrons. The van der Waals surface area contributed by atoms with Gasteiger partial charge in [-0.2, -0.15) is 0 Å². The van der Waals surface area contributed by atoms with Crippen LogP contribution in [-0.2, 0) is 11.3 Å². The van der Waals surface area contributed by atoms with E-state index < -0.39 is 0 Å². The quantitative estimate of drug-likeness (QED) is 0.785. The lowest BCUT2D eigenvalue weighted by molar-refractivity contribution is 0.0599. The number of rotatable bonds is 6. The van der Waals surface area contributed by atoms with Crippen LogP contribution in [0.3, 0.4) is 0 Å². The third-order valence-electron chi connectivity index (χ3n) is 3.56. The Labute approximate surface area is 109 Å². The summed E-state index contributed by atoms with van der Waals surface area (Å²) in [5, 5.41) is 3.52. The van der Waals surface area contributed by atoms with Crippen molar-refractivity contribution in [1.82, 2.24) is 5.32 Å². The normalized spacial score (nSPS) is 21.7. The van der Waals surface area contributed by atoms with Crippen molar-refractivity contribution in [3.63, 3.8) is 0 Å². The molecular weight excluding hydrogens is 226 g/mol. The third-order valence-corrected chi connectivity index (χ3v) is 3.56. The van der Waals surface area contributed by atoms with Crippen LogP contribution in [0.5, 0.6) is 0 Å². The SMILES string of the molecule is CCCC1CC1NCc1ccccc1C(=O)OC. The molecule has 1 aliphatic rings. The molecule has 1 fully saturated rings. The van der Waals surface area contributed by atoms with Crippen LogP contribution >= 0.6 is 0 Å². The molecule has 2 atom stereocenters. The molecule has 0 spiro atoms. The summed E-state index contributed by atoms with van der Waals surface area (Å²) in [6.07, 6.45) is 3.83. The maximum absolute atomic E-state index is 11.6. The van der Waals surface area contributed by atoms with Crippen molar-refractivity contribution in [2.24, 2.45) is 5.92 Å². The summed E-state index contributed by atoms with van der Waals surface area (Å²) < 4.78 is 4.79. The van der Waals surface area contributed by atoms with Gasteiger partial charge in [-0.05, 0) is 30.4 Å². The molecular formula is C15H21NO2. The topological polar surface area (TPSA) is 38.3 Å². The maximum atomic E-state index is 11.6. The van der Waals surface area contributed by atoms with Gasteiger partial charge < -0.3 is 10.1 Å². The van der Waals surface area contributed by atoms with E-state index in [1.807, 2.05) is 24.3 Å². The third kappa shape index (κ3) is 3.10. The highest BCUT2D eigenvalue weighted by atomic mass is 16.5. The van der Waals surface area contributed by atoms with Crippen molar-refractivity contribution in [2.75, 3.05) is 7.11 Å². The Balaban J connectivity index is 1.91. The van der Waals surface area contributed by atoms with Crippen LogP contribution in [0, 0.1) is 5.92 Å². The van der Waals surface area contributed by atoms with Gasteiger partial charge in [-0.25, -0.2) is 4.79 Å². The molecule has 1 aliphatic carbocycles. The number of benzene rings is 1. The molecule has 0 aliphatic heterocycles. The molecule has 1 saturated carbocycles. The second-order valence-electron chi connectivity index (χ2n) is 4.92. The van der Waals surface area contributed by atoms with Gasteiger partial charge >= 0.3 is 5.97 Å². The van der Waals surface area contributed by atoms with Crippen molar-refractivity contribution in [3.05, 3.63) is 35.4 Å². The van der Waals surface area contributed by atoms with E-state index in [0.29, 0.717) is 11.6 Å². The lowest BCUT2D eigenvalue weighted by atomic mass is 10.1. The first-order chi connectivity index (χ1) is 8.76. The van der Waals surface area contributed by atoms with Gasteiger partial charge in [-0.15, -0.1) is 0 Å². The zero-order valence-electron chi connectivity index (χ0n) is 11.1. The standard InChI is InChI=1S/C15H21NO2/c1-3-6-11-9-14(11)16-10-12-7-4-5-8-13(12)15(17)18-2/h4-5,7-8,11,14,16H,3,6,9-10H2,1-2H3. The largest absolute Gasteiger partial charge is 0.465 e. The van der Waals surface area contributed by atoms with Crippen molar-refractivity contribution >= 4 is 5.97 Å². The number of hydrogen-bond acceptors (Lipinski definition) is 3. The van der Waals surface area contributed by atoms with Gasteiger partial charge in [-0.3, -0.25) is 0 Å². The molecule has 3 nitrogen and oxygen atoms in total. The monoisotopic (exact) mass is 247 g/mol. The lowest BCUT2D eigenvalue weighted by Crippen LogP contribution is -2.19. The van der Waals surface area contributed by atoms with Gasteiger partial charge in [-0.1, -0.05) is 31.5 Å². The predicted molar refractivity (Wildman–Crippen MR) is 71.4 cm³/mol. The van der Waals surface area contributed by atoms with E-state index in [-0.39, 0.29) is 5.97 Å². The minimum absolute atomic E-state index is 0.256. The molecule has 0 heterocycles. The highest BCUT2D eigenvalue weighted by Crippen LogP contribution is 2.34. The van der Waals surface area contributed by atoms with Gasteiger partial charge in [0, 0.05) is 12.6 Å². The first-order valence-electron chi connectivity index (χ1n) is 6.65. The first-order valence-corrected chi connectivity index (χ1v) is 6.65. The van der Waals surface area contributed by atoms with E-state index in [4.69, 9.17) is 4.74 Å². The second kappa shape index (κ2) is 6.01. The maximum Gasteiger partial charge on any atom is 0.338 e. The molecule has 2 unspecified atom stereocenters. The molecule has 0 aromatic heterocycles. The zero-order chi connectivity index (χ0) is 13.0. The summed E-state index contributed by atoms with van der Waals surface area (Å²) in [6, 6.07) is 8.26. The van der Waals surface area contributed by atoms with Crippen LogP contribution < -0.4 is 5.32 Å². The van der Waals surface area contributed by atoms with Gasteiger partial charge in [0.2, 0.25) is 0 Å². The smallest absolute Gasteiger partial charge is 0.338 e. The Hall–Kier alpha value is -1.35. The number of hydrogen-bond donors (Lipinski definition) is 1. The summed E-state index contributed by atoms with van der Waals surface area (Å²) in [5.74, 6) is 0.577. The number of methoxy groups -OCH3 is 1. The molecule has 1 aromatic carbocycles. The van der Waals surface area contributed by atoms with Gasteiger partial charge in [0.15, 0.2) is 0 Å². The number of esters is 1. The highest BCUT2D eigenvalue weighted by molar-refractivity contribution is 5.90. The number of carbonyl (C=O) groups is 1. The number of nitrogens with one attached hydrogen (secondary N) is 1. The lowest BCUT2D eigenvalue weighted by Gasteiger charge is -2.08. The second-order valence-corrected chi connectivity index (χ2v) is 4.92. The number of carbonyl (C=O) groups excluding carboxylic acids is 1. The van der Waals surface area contributed by atoms with Crippen LogP contribution in [0.4, 0.5) is 0 Å². The van der Waals surface area contributed by atoms with Crippen LogP contribution in [0.1, 0.15) is 42.1 Å². The molecule has 1 aromatic rings. The summed E-state index contributed by atoms with van der Waals surface area (Å²) in [4.78, 5) is 11.6. The zero-order valence-corrected chi connectivity index (χ0v) is 11.1. The van der Waals surface area contributed by atoms with E-state index in [1.165, 1.54) is 26.4 Å². The van der Waals surface area contributed by atoms with E-state index >= 15 is 0 Å². The Kier molecular flexibility index (Phi) is 4.37. The molecule has 1 N–H and O–H groups in total. The Morgan fingerprint density at radius 3 is 2.94 bits per heavy atom. The van der Waals surface area contributed by atoms with Crippen molar-refractivity contribution < 1.29 is 9.53 Å². The molecule has 18 heavy (non-hydrogen) atoms. The molecule has 98 valence electrons. The van der Waals surface area contributed by atoms with E-state index in [2.05, 4.69) is 12.2 Å². The minimum atomic E-state index is -0.256. The molecule has 0 bridgehead atoms. The van der Waals surface area contributed by atoms with Crippen molar-refractivity contribution in [2.45, 2.75) is 38.8 Å². The summed E-state index contributed by atoms with van der Waals surface area (Å²) in [7, 11) is 1.42. The van der Waals surface area contributed by atoms with Gasteiger partial charge in [0.1, 0.15) is 0 Å². The van der Waals surface area contributed by atoms with Crippen LogP contribution in [0.25, 0.3) is 0 Å². The van der Waals surface area contributed by atoms with E-state index in [1.54, 1.807) is 0 Å². The molecule has 2 rings (SSSR count). The summed E-state index contributed by atoms with van der Waals surface area (Å²) >= 11 is 0. The van der Waals surface area contributed by atoms with Gasteiger partial charge in [0.05, 0.1) is 12.7 Å². The Bertz CT molecular complexity index is 417. The molecule has 0 saturated heterocycles. The Morgan fingerprint density at radius 1 is 1.44 bits per heavy atom. The fourth-order valence-electron chi connectivity index (χ4n) is 2.41. The fraction of sp³-hybridized carbons (Fsp3) is 0.533. The van der Waals surface area contributed by atoms with Crippen LogP contribution in [0.2, 0.25) is 0 Å². The molecule has 3 heteroatoms. The van der Waals surface area contributed by atoms with Gasteiger partial charge in [0.25, 0.3) is 0 Å². The van der Waals surface area contributed by atoms with E-state index in [9.17, 15) is 4.79 Å². The predicted octanol–water partition coefficient (Wildman–Crippen LogP) is 2.75. The van der Waals surface area contributed by atoms with Crippen LogP contribution in [0.15, 0.2) is 24.3 Å². The minimum Gasteiger partial charge on any atom is -0.465 e. The number of ether oxygens (including phenoxy) is 1. The fourth-order valence-corrected chi connectivity index (χ4v) is 2.41. The Morgan fingerprint density at radius 2 is 2.22 bits per heavy atom. The average molecular weight is 247 g/mol. The average Bonchev–Trinajstić information content (AvgIpc) is 3.15. The first kappa shape index (κ1) is 13.1. The summed E-state index contributed by atoms with van der Waals surface area (Å²) in [6.45, 7) is 2.97. The highest BCUT2D eigenvalue weighted by Gasteiger charge is 2.35. The summed E-state index contributed by atoms with van der Waals surface area (Å²) in [5.41, 5.74) is 1.69. The molecule has 0 amide bonds.